The van der Waals surface area contributed by atoms with Gasteiger partial charge in [-0.2, -0.15) is 0 Å². The van der Waals surface area contributed by atoms with Crippen LogP contribution in [0.25, 0.3) is 0 Å². The second-order valence-electron chi connectivity index (χ2n) is 5.26. The zero-order valence-electron chi connectivity index (χ0n) is 10.6. The number of ether oxygens (including phenoxy) is 1. The van der Waals surface area contributed by atoms with Crippen LogP contribution in [0.3, 0.4) is 0 Å². The van der Waals surface area contributed by atoms with Crippen molar-refractivity contribution in [3.05, 3.63) is 11.9 Å². The molecule has 0 aromatic carbocycles. The summed E-state index contributed by atoms with van der Waals surface area (Å²) in [5, 5.41) is 3.25. The average molecular weight is 248 g/mol. The number of nitrogens with one attached hydrogen (secondary N) is 1. The molecule has 1 aromatic heterocycles. The maximum atomic E-state index is 5.78. The normalized spacial score (nSPS) is 18.9. The molecule has 5 nitrogen and oxygen atoms in total. The third kappa shape index (κ3) is 3.32. The minimum atomic E-state index is 0.528. The number of nitrogens with zero attached hydrogens (tertiary/aromatic N) is 2. The molecule has 2 fully saturated rings. The summed E-state index contributed by atoms with van der Waals surface area (Å²) in [5.74, 6) is 3.60. The van der Waals surface area contributed by atoms with E-state index in [4.69, 9.17) is 10.5 Å². The second-order valence-corrected chi connectivity index (χ2v) is 5.26. The molecule has 2 saturated carbocycles. The number of hydrogen-bond acceptors (Lipinski definition) is 5. The molecule has 5 heteroatoms. The molecule has 0 amide bonds. The molecule has 0 saturated heterocycles. The maximum absolute atomic E-state index is 5.78. The summed E-state index contributed by atoms with van der Waals surface area (Å²) in [4.78, 5) is 8.75. The van der Waals surface area contributed by atoms with E-state index in [0.29, 0.717) is 11.7 Å². The lowest BCUT2D eigenvalue weighted by atomic mass is 10.4. The van der Waals surface area contributed by atoms with E-state index in [2.05, 4.69) is 15.3 Å². The quantitative estimate of drug-likeness (QED) is 0.719. The lowest BCUT2D eigenvalue weighted by molar-refractivity contribution is 0.134. The molecule has 0 atom stereocenters. The van der Waals surface area contributed by atoms with Crippen LogP contribution in [0.5, 0.6) is 0 Å². The van der Waals surface area contributed by atoms with Crippen LogP contribution >= 0.6 is 0 Å². The average Bonchev–Trinajstić information content (AvgIpc) is 3.21. The summed E-state index contributed by atoms with van der Waals surface area (Å²) in [6, 6.07) is 1.78. The number of rotatable bonds is 7. The van der Waals surface area contributed by atoms with Gasteiger partial charge in [0, 0.05) is 25.1 Å². The first-order valence-corrected chi connectivity index (χ1v) is 6.77. The van der Waals surface area contributed by atoms with Gasteiger partial charge in [-0.15, -0.1) is 0 Å². The molecule has 0 aliphatic heterocycles. The molecule has 3 N–H and O–H groups in total. The first kappa shape index (κ1) is 11.7. The third-order valence-electron chi connectivity index (χ3n) is 3.31. The Morgan fingerprint density at radius 3 is 2.83 bits per heavy atom. The van der Waals surface area contributed by atoms with Gasteiger partial charge in [0.25, 0.3) is 0 Å². The highest BCUT2D eigenvalue weighted by Gasteiger charge is 2.27. The van der Waals surface area contributed by atoms with Crippen LogP contribution in [-0.4, -0.2) is 29.7 Å². The van der Waals surface area contributed by atoms with Gasteiger partial charge >= 0.3 is 0 Å². The van der Waals surface area contributed by atoms with Gasteiger partial charge in [0.05, 0.1) is 6.61 Å². The molecule has 2 aliphatic carbocycles. The fourth-order valence-corrected chi connectivity index (χ4v) is 1.89. The highest BCUT2D eigenvalue weighted by Crippen LogP contribution is 2.38. The molecule has 1 aromatic rings. The van der Waals surface area contributed by atoms with Crippen molar-refractivity contribution in [1.29, 1.82) is 0 Å². The van der Waals surface area contributed by atoms with E-state index in [1.54, 1.807) is 6.07 Å². The maximum Gasteiger partial charge on any atom is 0.136 e. The van der Waals surface area contributed by atoms with Gasteiger partial charge in [0.1, 0.15) is 17.5 Å². The summed E-state index contributed by atoms with van der Waals surface area (Å²) in [6.07, 6.45) is 5.04. The Bertz CT molecular complexity index is 415. The number of nitrogen functional groups attached to an aromatic ring is 1. The van der Waals surface area contributed by atoms with Gasteiger partial charge in [0.2, 0.25) is 0 Å². The Hall–Kier alpha value is -1.36. The van der Waals surface area contributed by atoms with Crippen molar-refractivity contribution in [1.82, 2.24) is 9.97 Å². The fraction of sp³-hybridized carbons (Fsp3) is 0.692. The number of hydrogen-bond donors (Lipinski definition) is 2. The van der Waals surface area contributed by atoms with Gasteiger partial charge in [-0.1, -0.05) is 0 Å². The van der Waals surface area contributed by atoms with Crippen LogP contribution in [0.1, 0.15) is 37.4 Å². The van der Waals surface area contributed by atoms with Gasteiger partial charge in [-0.05, 0) is 31.6 Å². The van der Waals surface area contributed by atoms with Gasteiger partial charge < -0.3 is 15.8 Å². The van der Waals surface area contributed by atoms with E-state index in [1.165, 1.54) is 25.7 Å². The molecule has 3 rings (SSSR count). The second kappa shape index (κ2) is 5.10. The smallest absolute Gasteiger partial charge is 0.136 e. The summed E-state index contributed by atoms with van der Waals surface area (Å²) < 4.78 is 5.56. The number of aromatic nitrogens is 2. The molecular formula is C13H20N4O. The van der Waals surface area contributed by atoms with Crippen LogP contribution in [0.2, 0.25) is 0 Å². The number of nitrogens with two attached hydrogens (primary N) is 1. The lowest BCUT2D eigenvalue weighted by Gasteiger charge is -2.08. The molecule has 18 heavy (non-hydrogen) atoms. The van der Waals surface area contributed by atoms with Crippen molar-refractivity contribution in [2.45, 2.75) is 31.6 Å². The van der Waals surface area contributed by atoms with Crippen LogP contribution in [0.4, 0.5) is 11.6 Å². The monoisotopic (exact) mass is 248 g/mol. The van der Waals surface area contributed by atoms with Crippen molar-refractivity contribution in [3.63, 3.8) is 0 Å². The van der Waals surface area contributed by atoms with Gasteiger partial charge in [0.15, 0.2) is 0 Å². The van der Waals surface area contributed by atoms with Crippen LogP contribution in [0.15, 0.2) is 6.07 Å². The topological polar surface area (TPSA) is 73.1 Å². The van der Waals surface area contributed by atoms with Crippen molar-refractivity contribution < 1.29 is 4.74 Å². The van der Waals surface area contributed by atoms with Gasteiger partial charge in [-0.3, -0.25) is 0 Å². The Morgan fingerprint density at radius 2 is 2.11 bits per heavy atom. The Labute approximate surface area is 107 Å². The van der Waals surface area contributed by atoms with Crippen LogP contribution < -0.4 is 11.1 Å². The van der Waals surface area contributed by atoms with Crippen LogP contribution in [0, 0.1) is 5.92 Å². The molecule has 2 aliphatic rings. The minimum absolute atomic E-state index is 0.528. The molecule has 0 spiro atoms. The van der Waals surface area contributed by atoms with Crippen molar-refractivity contribution in [3.8, 4) is 0 Å². The first-order chi connectivity index (χ1) is 8.81. The molecule has 0 bridgehead atoms. The highest BCUT2D eigenvalue weighted by molar-refractivity contribution is 5.45. The largest absolute Gasteiger partial charge is 0.384 e. The van der Waals surface area contributed by atoms with E-state index in [9.17, 15) is 0 Å². The fourth-order valence-electron chi connectivity index (χ4n) is 1.89. The SMILES string of the molecule is Nc1cc(NCCOCC2CC2)nc(C2CC2)n1. The zero-order chi connectivity index (χ0) is 12.4. The lowest BCUT2D eigenvalue weighted by Crippen LogP contribution is -2.12. The summed E-state index contributed by atoms with van der Waals surface area (Å²) in [5.41, 5.74) is 5.78. The number of anilines is 2. The Morgan fingerprint density at radius 1 is 1.28 bits per heavy atom. The first-order valence-electron chi connectivity index (χ1n) is 6.77. The van der Waals surface area contributed by atoms with Crippen molar-refractivity contribution in [2.24, 2.45) is 5.92 Å². The molecule has 0 unspecified atom stereocenters. The predicted molar refractivity (Wildman–Crippen MR) is 70.5 cm³/mol. The van der Waals surface area contributed by atoms with E-state index in [-0.39, 0.29) is 0 Å². The van der Waals surface area contributed by atoms with Crippen molar-refractivity contribution >= 4 is 11.6 Å². The zero-order valence-corrected chi connectivity index (χ0v) is 10.6. The van der Waals surface area contributed by atoms with Crippen molar-refractivity contribution in [2.75, 3.05) is 30.8 Å². The highest BCUT2D eigenvalue weighted by atomic mass is 16.5. The summed E-state index contributed by atoms with van der Waals surface area (Å²) in [6.45, 7) is 2.40. The Balaban J connectivity index is 1.45. The van der Waals surface area contributed by atoms with E-state index >= 15 is 0 Å². The molecule has 0 radical (unpaired) electrons. The summed E-state index contributed by atoms with van der Waals surface area (Å²) >= 11 is 0. The van der Waals surface area contributed by atoms with E-state index in [1.807, 2.05) is 0 Å². The summed E-state index contributed by atoms with van der Waals surface area (Å²) in [7, 11) is 0. The molecule has 1 heterocycles. The van der Waals surface area contributed by atoms with E-state index in [0.717, 1.165) is 37.3 Å². The van der Waals surface area contributed by atoms with Crippen LogP contribution in [-0.2, 0) is 4.74 Å². The third-order valence-corrected chi connectivity index (χ3v) is 3.31. The van der Waals surface area contributed by atoms with E-state index < -0.39 is 0 Å². The minimum Gasteiger partial charge on any atom is -0.384 e. The predicted octanol–water partition coefficient (Wildman–Crippen LogP) is 1.77. The molecule has 98 valence electrons. The standard InChI is InChI=1S/C13H20N4O/c14-11-7-12(17-13(16-11)10-3-4-10)15-5-6-18-8-9-1-2-9/h7,9-10H,1-6,8H2,(H3,14,15,16,17). The van der Waals surface area contributed by atoms with Gasteiger partial charge in [-0.25, -0.2) is 9.97 Å². The molecular weight excluding hydrogens is 228 g/mol. The Kier molecular flexibility index (Phi) is 3.32.